The second kappa shape index (κ2) is 30.3. The van der Waals surface area contributed by atoms with Gasteiger partial charge in [-0.3, -0.25) is 43.2 Å². The van der Waals surface area contributed by atoms with Crippen molar-refractivity contribution in [2.45, 2.75) is 119 Å². The maximum Gasteiger partial charge on any atom is 0.246 e. The number of carbonyl (C=O) groups excluding carboxylic acids is 11. The third kappa shape index (κ3) is 20.5. The van der Waals surface area contributed by atoms with Gasteiger partial charge in [-0.1, -0.05) is 66.8 Å². The summed E-state index contributed by atoms with van der Waals surface area (Å²) in [6, 6.07) is -4.29. The minimum absolute atomic E-state index is 0.0684. The van der Waals surface area contributed by atoms with Crippen LogP contribution in [-0.4, -0.2) is 184 Å². The van der Waals surface area contributed by atoms with Crippen molar-refractivity contribution >= 4 is 87.3 Å². The van der Waals surface area contributed by atoms with Gasteiger partial charge in [-0.05, 0) is 42.4 Å². The lowest BCUT2D eigenvalue weighted by Crippen LogP contribution is -2.66. The number of hydrogen-bond acceptors (Lipinski definition) is 19. The van der Waals surface area contributed by atoms with Crippen molar-refractivity contribution in [2.75, 3.05) is 44.3 Å². The van der Waals surface area contributed by atoms with Crippen molar-refractivity contribution in [1.29, 1.82) is 0 Å². The standard InChI is InChI=1S/C45H70N12O14S2/c1-3-24(2)45(23-60)22-52-31(10-11-36(47)63)41(68)54-34(14-37(48)64)42(69)55-35(21-73-72-20-30(46)39(66)53-33(43(70)56-45)13-26-6-8-28(61)9-7-26)44(71)57(17-29(62)19-59)27(18-58)15-50-32(12-25-4-5-25)40(67)51-16-38(49)65/h6-9,18,23-25,27,29-35,50,52,59,61-62H,3-5,10-17,19-22,46H2,1-2H3,(H2,47,63)(H2,48,64)(H2,49,65)(H,51,67)(H,53,66)(H,54,68)(H,55,69)(H,56,70)/t24-,27?,29?,30-,31-,32-,33-,34-,35-,45+/m0/s1. The number of benzene rings is 1. The Bertz CT molecular complexity index is 2110. The largest absolute Gasteiger partial charge is 0.508 e. The number of hydrogen-bond donors (Lipinski definition) is 14. The van der Waals surface area contributed by atoms with Gasteiger partial charge in [0.2, 0.25) is 53.2 Å². The van der Waals surface area contributed by atoms with Crippen LogP contribution in [0.3, 0.4) is 0 Å². The molecule has 26 nitrogen and oxygen atoms in total. The molecule has 28 heteroatoms. The van der Waals surface area contributed by atoms with Crippen LogP contribution in [0.25, 0.3) is 0 Å². The highest BCUT2D eigenvalue weighted by molar-refractivity contribution is 8.76. The Morgan fingerprint density at radius 3 is 2.11 bits per heavy atom. The first-order valence-corrected chi connectivity index (χ1v) is 26.2. The van der Waals surface area contributed by atoms with Crippen molar-refractivity contribution < 1.29 is 68.1 Å². The maximum absolute atomic E-state index is 14.7. The molecule has 0 spiro atoms. The summed E-state index contributed by atoms with van der Waals surface area (Å²) in [5, 5.41) is 48.9. The van der Waals surface area contributed by atoms with Crippen LogP contribution >= 0.6 is 21.6 Å². The SMILES string of the molecule is CC[C@H](C)[C@]1(C=O)CN[C@@H](CCC(N)=O)C(=O)N[C@@H](CC(N)=O)C(=O)N[C@H](C(=O)N(CC(O)CO)C(C=O)CN[C@@H](CC2CC2)C(=O)NCC(N)=O)CSSC[C@H](N)C(=O)N[C@@H](Cc2ccc(O)cc2)C(=O)N1. The Morgan fingerprint density at radius 2 is 1.53 bits per heavy atom. The zero-order valence-electron chi connectivity index (χ0n) is 40.7. The van der Waals surface area contributed by atoms with E-state index in [0.717, 1.165) is 39.3 Å². The second-order valence-corrected chi connectivity index (χ2v) is 20.7. The van der Waals surface area contributed by atoms with E-state index in [1.165, 1.54) is 24.3 Å². The average Bonchev–Trinajstić information content (AvgIpc) is 4.18. The van der Waals surface area contributed by atoms with Crippen LogP contribution in [0.4, 0.5) is 0 Å². The minimum atomic E-state index is -1.81. The summed E-state index contributed by atoms with van der Waals surface area (Å²) in [6.45, 7) is 0.460. The fraction of sp³-hybridized carbons (Fsp3) is 0.622. The number of aldehydes is 2. The van der Waals surface area contributed by atoms with E-state index in [4.69, 9.17) is 22.9 Å². The van der Waals surface area contributed by atoms with Crippen molar-refractivity contribution in [1.82, 2.24) is 42.1 Å². The van der Waals surface area contributed by atoms with Crippen molar-refractivity contribution in [2.24, 2.45) is 34.8 Å². The number of aliphatic hydroxyl groups is 2. The lowest BCUT2D eigenvalue weighted by Gasteiger charge is -2.37. The molecular weight excluding hydrogens is 997 g/mol. The molecule has 1 aromatic rings. The zero-order chi connectivity index (χ0) is 54.4. The Morgan fingerprint density at radius 1 is 0.890 bits per heavy atom. The fourth-order valence-corrected chi connectivity index (χ4v) is 9.83. The first-order valence-electron chi connectivity index (χ1n) is 23.7. The molecule has 1 aliphatic heterocycles. The summed E-state index contributed by atoms with van der Waals surface area (Å²) in [5.74, 6) is -9.29. The van der Waals surface area contributed by atoms with E-state index in [9.17, 15) is 68.1 Å². The molecule has 10 atom stereocenters. The molecule has 1 heterocycles. The number of nitrogens with zero attached hydrogens (tertiary/aromatic N) is 1. The smallest absolute Gasteiger partial charge is 0.246 e. The normalized spacial score (nSPS) is 24.4. The van der Waals surface area contributed by atoms with Gasteiger partial charge in [0, 0.05) is 44.0 Å². The van der Waals surface area contributed by atoms with Crippen LogP contribution in [0, 0.1) is 11.8 Å². The molecule has 1 aliphatic carbocycles. The molecule has 406 valence electrons. The van der Waals surface area contributed by atoms with E-state index in [2.05, 4.69) is 37.2 Å². The van der Waals surface area contributed by atoms with Gasteiger partial charge in [-0.2, -0.15) is 0 Å². The van der Waals surface area contributed by atoms with Crippen LogP contribution in [0.5, 0.6) is 5.75 Å². The van der Waals surface area contributed by atoms with Gasteiger partial charge in [-0.15, -0.1) is 0 Å². The van der Waals surface area contributed by atoms with Crippen LogP contribution in [0.2, 0.25) is 0 Å². The molecule has 9 amide bonds. The molecule has 18 N–H and O–H groups in total. The van der Waals surface area contributed by atoms with Crippen molar-refractivity contribution in [3.8, 4) is 5.75 Å². The number of phenolic OH excluding ortho intramolecular Hbond substituents is 1. The lowest BCUT2D eigenvalue weighted by molar-refractivity contribution is -0.142. The van der Waals surface area contributed by atoms with Crippen LogP contribution in [0.15, 0.2) is 24.3 Å². The van der Waals surface area contributed by atoms with Gasteiger partial charge >= 0.3 is 0 Å². The summed E-state index contributed by atoms with van der Waals surface area (Å²) < 4.78 is 0. The highest BCUT2D eigenvalue weighted by atomic mass is 33.1. The van der Waals surface area contributed by atoms with Crippen molar-refractivity contribution in [3.05, 3.63) is 29.8 Å². The summed E-state index contributed by atoms with van der Waals surface area (Å²) in [7, 11) is 1.85. The van der Waals surface area contributed by atoms with E-state index in [1.807, 2.05) is 0 Å². The number of nitrogens with two attached hydrogens (primary N) is 4. The number of phenols is 1. The number of rotatable bonds is 24. The third-order valence-corrected chi connectivity index (χ3v) is 14.8. The Balaban J connectivity index is 2.12. The van der Waals surface area contributed by atoms with Gasteiger partial charge in [-0.25, -0.2) is 0 Å². The van der Waals surface area contributed by atoms with E-state index >= 15 is 0 Å². The minimum Gasteiger partial charge on any atom is -0.508 e. The first kappa shape index (κ1) is 61.4. The first-order chi connectivity index (χ1) is 34.6. The van der Waals surface area contributed by atoms with Crippen molar-refractivity contribution in [3.63, 3.8) is 0 Å². The number of primary amides is 3. The molecule has 2 unspecified atom stereocenters. The highest BCUT2D eigenvalue weighted by Crippen LogP contribution is 2.33. The quantitative estimate of drug-likeness (QED) is 0.0339. The number of nitrogens with one attached hydrogen (secondary N) is 7. The molecule has 1 saturated heterocycles. The molecule has 73 heavy (non-hydrogen) atoms. The van der Waals surface area contributed by atoms with E-state index in [1.54, 1.807) is 13.8 Å². The molecule has 0 bridgehead atoms. The molecule has 1 saturated carbocycles. The number of aromatic hydroxyl groups is 1. The van der Waals surface area contributed by atoms with Gasteiger partial charge in [0.15, 0.2) is 0 Å². The molecular formula is C45H70N12O14S2. The Hall–Kier alpha value is -5.91. The molecule has 1 aromatic carbocycles. The number of amides is 9. The van der Waals surface area contributed by atoms with E-state index < -0.39 is 159 Å². The van der Waals surface area contributed by atoms with Gasteiger partial charge < -0.3 is 90.0 Å². The maximum atomic E-state index is 14.7. The molecule has 2 aliphatic rings. The summed E-state index contributed by atoms with van der Waals surface area (Å²) in [5.41, 5.74) is 21.2. The van der Waals surface area contributed by atoms with Crippen LogP contribution < -0.4 is 60.2 Å². The van der Waals surface area contributed by atoms with Gasteiger partial charge in [0.1, 0.15) is 42.0 Å². The monoisotopic (exact) mass is 1070 g/mol. The lowest BCUT2D eigenvalue weighted by atomic mass is 9.83. The predicted octanol–water partition coefficient (Wildman–Crippen LogP) is -5.58. The van der Waals surface area contributed by atoms with Gasteiger partial charge in [0.05, 0.1) is 49.8 Å². The molecule has 2 fully saturated rings. The number of aliphatic hydroxyl groups excluding tert-OH is 2. The summed E-state index contributed by atoms with van der Waals surface area (Å²) in [6.07, 6.45) is -0.344. The summed E-state index contributed by atoms with van der Waals surface area (Å²) >= 11 is 0. The predicted molar refractivity (Wildman–Crippen MR) is 267 cm³/mol. The van der Waals surface area contributed by atoms with E-state index in [0.29, 0.717) is 31.0 Å². The second-order valence-electron chi connectivity index (χ2n) is 18.1. The average molecular weight is 1070 g/mol. The highest BCUT2D eigenvalue weighted by Gasteiger charge is 2.41. The third-order valence-electron chi connectivity index (χ3n) is 12.3. The van der Waals surface area contributed by atoms with E-state index in [-0.39, 0.29) is 36.0 Å². The fourth-order valence-electron chi connectivity index (χ4n) is 7.55. The number of carbonyl (C=O) groups is 11. The molecule has 0 aromatic heterocycles. The molecule has 0 radical (unpaired) electrons. The Kier molecular flexibility index (Phi) is 25.5. The van der Waals surface area contributed by atoms with Crippen LogP contribution in [0.1, 0.15) is 64.4 Å². The zero-order valence-corrected chi connectivity index (χ0v) is 42.4. The van der Waals surface area contributed by atoms with Gasteiger partial charge in [0.25, 0.3) is 0 Å². The van der Waals surface area contributed by atoms with Crippen LogP contribution in [-0.2, 0) is 59.2 Å². The molecule has 3 rings (SSSR count). The summed E-state index contributed by atoms with van der Waals surface area (Å²) in [4.78, 5) is 147. The Labute approximate surface area is 429 Å². The topological polar surface area (TPSA) is 440 Å².